The number of piperazine rings is 1. The van der Waals surface area contributed by atoms with Gasteiger partial charge in [0.15, 0.2) is 0 Å². The van der Waals surface area contributed by atoms with Crippen LogP contribution in [-0.2, 0) is 16.1 Å². The fourth-order valence-corrected chi connectivity index (χ4v) is 6.60. The van der Waals surface area contributed by atoms with Crippen molar-refractivity contribution in [2.24, 2.45) is 0 Å². The second kappa shape index (κ2) is 8.98. The van der Waals surface area contributed by atoms with Crippen LogP contribution in [0, 0.1) is 0 Å². The maximum Gasteiger partial charge on any atom is 0.337 e. The molecule has 1 spiro atoms. The van der Waals surface area contributed by atoms with E-state index in [1.54, 1.807) is 13.0 Å². The third kappa shape index (κ3) is 4.41. The molecule has 4 saturated heterocycles. The van der Waals surface area contributed by atoms with Crippen molar-refractivity contribution in [2.75, 3.05) is 52.9 Å². The summed E-state index contributed by atoms with van der Waals surface area (Å²) in [5.74, 6) is -0.121. The van der Waals surface area contributed by atoms with Gasteiger partial charge in [-0.1, -0.05) is 12.1 Å². The summed E-state index contributed by atoms with van der Waals surface area (Å²) in [4.78, 5) is 33.3. The van der Waals surface area contributed by atoms with Crippen molar-refractivity contribution < 1.29 is 19.4 Å². The summed E-state index contributed by atoms with van der Waals surface area (Å²) in [7, 11) is 1.41. The van der Waals surface area contributed by atoms with Crippen LogP contribution in [0.5, 0.6) is 0 Å². The number of piperidine rings is 1. The quantitative estimate of drug-likeness (QED) is 0.672. The van der Waals surface area contributed by atoms with Crippen LogP contribution in [0.3, 0.4) is 0 Å². The standard InChI is InChI=1S/C25H36N4O4/c1-18(30)27-8-6-21(7-9-27)28-16-25(17-28)15-26(13-22-11-23(31)14-29(22)25)12-19-4-3-5-20(10-19)24(32)33-2/h3-5,10,21-23,31H,6-9,11-17H2,1-2H3. The zero-order valence-electron chi connectivity index (χ0n) is 19.8. The van der Waals surface area contributed by atoms with Gasteiger partial charge in [0.25, 0.3) is 0 Å². The fourth-order valence-electron chi connectivity index (χ4n) is 6.60. The molecule has 180 valence electrons. The molecule has 0 radical (unpaired) electrons. The summed E-state index contributed by atoms with van der Waals surface area (Å²) in [5, 5.41) is 10.4. The maximum atomic E-state index is 11.9. The lowest BCUT2D eigenvalue weighted by atomic mass is 9.81. The van der Waals surface area contributed by atoms with Crippen molar-refractivity contribution in [3.05, 3.63) is 35.4 Å². The van der Waals surface area contributed by atoms with Gasteiger partial charge in [-0.3, -0.25) is 19.5 Å². The summed E-state index contributed by atoms with van der Waals surface area (Å²) >= 11 is 0. The molecule has 2 unspecified atom stereocenters. The number of carbonyl (C=O) groups excluding carboxylic acids is 2. The van der Waals surface area contributed by atoms with Crippen molar-refractivity contribution in [2.45, 2.75) is 56.5 Å². The summed E-state index contributed by atoms with van der Waals surface area (Å²) in [5.41, 5.74) is 1.79. The van der Waals surface area contributed by atoms with Crippen molar-refractivity contribution >= 4 is 11.9 Å². The van der Waals surface area contributed by atoms with Crippen LogP contribution in [0.1, 0.15) is 42.1 Å². The molecule has 8 nitrogen and oxygen atoms in total. The van der Waals surface area contributed by atoms with Gasteiger partial charge in [0, 0.05) is 71.4 Å². The van der Waals surface area contributed by atoms with Crippen molar-refractivity contribution in [1.29, 1.82) is 0 Å². The summed E-state index contributed by atoms with van der Waals surface area (Å²) in [6.45, 7) is 8.92. The predicted molar refractivity (Wildman–Crippen MR) is 124 cm³/mol. The Morgan fingerprint density at radius 2 is 1.88 bits per heavy atom. The van der Waals surface area contributed by atoms with Crippen LogP contribution in [0.2, 0.25) is 0 Å². The number of aliphatic hydroxyl groups is 1. The van der Waals surface area contributed by atoms with E-state index in [1.807, 2.05) is 17.0 Å². The van der Waals surface area contributed by atoms with Gasteiger partial charge in [-0.15, -0.1) is 0 Å². The highest BCUT2D eigenvalue weighted by molar-refractivity contribution is 5.89. The number of hydrogen-bond donors (Lipinski definition) is 1. The topological polar surface area (TPSA) is 76.6 Å². The molecule has 4 heterocycles. The van der Waals surface area contributed by atoms with Gasteiger partial charge in [0.1, 0.15) is 0 Å². The average Bonchev–Trinajstić information content (AvgIpc) is 3.17. The third-order valence-electron chi connectivity index (χ3n) is 8.16. The van der Waals surface area contributed by atoms with Gasteiger partial charge in [-0.25, -0.2) is 4.79 Å². The Balaban J connectivity index is 1.26. The number of β-amino-alcohol motifs (C(OH)–C–C–N with tert-alkyl or cyclic N) is 1. The van der Waals surface area contributed by atoms with E-state index in [0.717, 1.165) is 77.2 Å². The predicted octanol–water partition coefficient (Wildman–Crippen LogP) is 0.789. The van der Waals surface area contributed by atoms with Crippen molar-refractivity contribution in [3.8, 4) is 0 Å². The van der Waals surface area contributed by atoms with Crippen LogP contribution in [-0.4, -0.2) is 113 Å². The Morgan fingerprint density at radius 1 is 1.12 bits per heavy atom. The second-order valence-corrected chi connectivity index (χ2v) is 10.4. The first kappa shape index (κ1) is 22.8. The zero-order chi connectivity index (χ0) is 23.2. The Hall–Kier alpha value is -2.00. The molecule has 8 heteroatoms. The first-order valence-corrected chi connectivity index (χ1v) is 12.2. The maximum absolute atomic E-state index is 11.9. The van der Waals surface area contributed by atoms with E-state index in [0.29, 0.717) is 17.6 Å². The van der Waals surface area contributed by atoms with E-state index in [9.17, 15) is 14.7 Å². The van der Waals surface area contributed by atoms with Gasteiger partial charge in [-0.05, 0) is 37.0 Å². The highest BCUT2D eigenvalue weighted by Crippen LogP contribution is 2.41. The number of esters is 1. The van der Waals surface area contributed by atoms with Gasteiger partial charge >= 0.3 is 5.97 Å². The summed E-state index contributed by atoms with van der Waals surface area (Å²) < 4.78 is 4.88. The first-order valence-electron chi connectivity index (χ1n) is 12.2. The molecule has 5 rings (SSSR count). The molecule has 1 aromatic carbocycles. The number of carbonyl (C=O) groups is 2. The van der Waals surface area contributed by atoms with E-state index in [2.05, 4.69) is 20.8 Å². The molecule has 0 aromatic heterocycles. The number of amides is 1. The second-order valence-electron chi connectivity index (χ2n) is 10.4. The number of nitrogens with zero attached hydrogens (tertiary/aromatic N) is 4. The molecular formula is C25H36N4O4. The van der Waals surface area contributed by atoms with Crippen LogP contribution in [0.4, 0.5) is 0 Å². The Labute approximate surface area is 196 Å². The normalized spacial score (nSPS) is 28.5. The molecule has 33 heavy (non-hydrogen) atoms. The first-order chi connectivity index (χ1) is 15.9. The molecular weight excluding hydrogens is 420 g/mol. The highest BCUT2D eigenvalue weighted by Gasteiger charge is 2.57. The van der Waals surface area contributed by atoms with Gasteiger partial charge < -0.3 is 14.7 Å². The molecule has 4 aliphatic rings. The minimum atomic E-state index is -0.303. The lowest BCUT2D eigenvalue weighted by Gasteiger charge is -2.63. The van der Waals surface area contributed by atoms with E-state index >= 15 is 0 Å². The molecule has 1 amide bonds. The molecule has 0 saturated carbocycles. The molecule has 0 aliphatic carbocycles. The lowest BCUT2D eigenvalue weighted by Crippen LogP contribution is -2.79. The number of likely N-dealkylation sites (tertiary alicyclic amines) is 2. The Bertz CT molecular complexity index is 894. The van der Waals surface area contributed by atoms with Crippen LogP contribution in [0.15, 0.2) is 24.3 Å². The smallest absolute Gasteiger partial charge is 0.337 e. The number of fused-ring (bicyclic) bond motifs is 2. The largest absolute Gasteiger partial charge is 0.465 e. The van der Waals surface area contributed by atoms with Gasteiger partial charge in [0.2, 0.25) is 5.91 Å². The van der Waals surface area contributed by atoms with Crippen LogP contribution >= 0.6 is 0 Å². The number of ether oxygens (including phenoxy) is 1. The van der Waals surface area contributed by atoms with Crippen LogP contribution < -0.4 is 0 Å². The number of aliphatic hydroxyl groups excluding tert-OH is 1. The number of rotatable bonds is 4. The number of methoxy groups -OCH3 is 1. The van der Waals surface area contributed by atoms with Crippen LogP contribution in [0.25, 0.3) is 0 Å². The van der Waals surface area contributed by atoms with E-state index in [1.165, 1.54) is 7.11 Å². The summed E-state index contributed by atoms with van der Waals surface area (Å²) in [6, 6.07) is 8.65. The number of benzene rings is 1. The molecule has 4 fully saturated rings. The SMILES string of the molecule is COC(=O)c1cccc(CN2CC3CC(O)CN3C3(C2)CN(C2CCN(C(C)=O)CC2)C3)c1. The van der Waals surface area contributed by atoms with E-state index in [-0.39, 0.29) is 23.5 Å². The summed E-state index contributed by atoms with van der Waals surface area (Å²) in [6.07, 6.45) is 2.68. The van der Waals surface area contributed by atoms with Crippen molar-refractivity contribution in [1.82, 2.24) is 19.6 Å². The molecule has 1 aromatic rings. The van der Waals surface area contributed by atoms with Gasteiger partial charge in [0.05, 0.1) is 24.3 Å². The van der Waals surface area contributed by atoms with Crippen molar-refractivity contribution in [3.63, 3.8) is 0 Å². The average molecular weight is 457 g/mol. The molecule has 0 bridgehead atoms. The van der Waals surface area contributed by atoms with Gasteiger partial charge in [-0.2, -0.15) is 0 Å². The van der Waals surface area contributed by atoms with E-state index < -0.39 is 0 Å². The minimum Gasteiger partial charge on any atom is -0.465 e. The Kier molecular flexibility index (Phi) is 6.20. The lowest BCUT2D eigenvalue weighted by molar-refractivity contribution is -0.140. The number of hydrogen-bond acceptors (Lipinski definition) is 7. The molecule has 4 aliphatic heterocycles. The van der Waals surface area contributed by atoms with E-state index in [4.69, 9.17) is 4.74 Å². The molecule has 2 atom stereocenters. The minimum absolute atomic E-state index is 0.0814. The fraction of sp³-hybridized carbons (Fsp3) is 0.680. The highest BCUT2D eigenvalue weighted by atomic mass is 16.5. The molecule has 1 N–H and O–H groups in total. The zero-order valence-corrected chi connectivity index (χ0v) is 19.8. The Morgan fingerprint density at radius 3 is 2.58 bits per heavy atom. The third-order valence-corrected chi connectivity index (χ3v) is 8.16. The monoisotopic (exact) mass is 456 g/mol.